The van der Waals surface area contributed by atoms with Crippen molar-refractivity contribution in [3.8, 4) is 0 Å². The molecule has 2 heterocycles. The van der Waals surface area contributed by atoms with Crippen LogP contribution in [0.15, 0.2) is 82.8 Å². The summed E-state index contributed by atoms with van der Waals surface area (Å²) in [5.74, 6) is 0. The lowest BCUT2D eigenvalue weighted by Crippen LogP contribution is -3.00. The van der Waals surface area contributed by atoms with Crippen molar-refractivity contribution >= 4 is 45.1 Å². The molecule has 0 N–H and O–H groups in total. The van der Waals surface area contributed by atoms with Gasteiger partial charge in [0.05, 0.1) is 10.7 Å². The number of thiazole rings is 1. The van der Waals surface area contributed by atoms with E-state index in [1.54, 1.807) is 0 Å². The highest BCUT2D eigenvalue weighted by atomic mass is 127. The summed E-state index contributed by atoms with van der Waals surface area (Å²) in [7, 11) is 0. The van der Waals surface area contributed by atoms with Crippen LogP contribution in [0.4, 0.5) is 5.69 Å². The summed E-state index contributed by atoms with van der Waals surface area (Å²) >= 11 is 3.72. The van der Waals surface area contributed by atoms with Crippen molar-refractivity contribution in [1.29, 1.82) is 0 Å². The highest BCUT2D eigenvalue weighted by Gasteiger charge is 2.23. The fourth-order valence-corrected chi connectivity index (χ4v) is 5.80. The van der Waals surface area contributed by atoms with Crippen LogP contribution in [0.1, 0.15) is 31.7 Å². The van der Waals surface area contributed by atoms with Gasteiger partial charge in [0.25, 0.3) is 5.01 Å². The Morgan fingerprint density at radius 2 is 1.73 bits per heavy atom. The number of allylic oxidation sites excluding steroid dienone is 4. The van der Waals surface area contributed by atoms with Gasteiger partial charge < -0.3 is 28.9 Å². The number of halogens is 1. The summed E-state index contributed by atoms with van der Waals surface area (Å²) in [5.41, 5.74) is 2.67. The van der Waals surface area contributed by atoms with Crippen LogP contribution in [-0.2, 0) is 6.54 Å². The number of fused-ring (bicyclic) bond motifs is 2. The molecule has 0 amide bonds. The van der Waals surface area contributed by atoms with E-state index in [1.807, 2.05) is 23.1 Å². The van der Waals surface area contributed by atoms with Gasteiger partial charge in [0, 0.05) is 30.0 Å². The molecular formula is C25H27IN2S2. The van der Waals surface area contributed by atoms with Gasteiger partial charge in [0.2, 0.25) is 5.52 Å². The molecule has 30 heavy (non-hydrogen) atoms. The zero-order valence-corrected chi connectivity index (χ0v) is 21.2. The standard InChI is InChI=1S/C25H27N2S2.HI/c1-3-18-26-20-12-8-10-14-22(20)28-24(26)16-6-5-7-17-25-27(19-4-2)21-13-9-11-15-23(21)29-25;/h5-17H,3-4,18-19H2,1-2H3;1H/q+1;/p-1. The van der Waals surface area contributed by atoms with E-state index in [4.69, 9.17) is 0 Å². The van der Waals surface area contributed by atoms with E-state index < -0.39 is 0 Å². The molecule has 0 saturated carbocycles. The van der Waals surface area contributed by atoms with Gasteiger partial charge in [-0.25, -0.2) is 0 Å². The molecule has 0 spiro atoms. The minimum Gasteiger partial charge on any atom is -1.00 e. The van der Waals surface area contributed by atoms with E-state index in [1.165, 1.54) is 30.8 Å². The number of hydrogen-bond donors (Lipinski definition) is 0. The third-order valence-electron chi connectivity index (χ3n) is 4.87. The van der Waals surface area contributed by atoms with Crippen LogP contribution in [0, 0.1) is 0 Å². The van der Waals surface area contributed by atoms with Crippen molar-refractivity contribution in [2.45, 2.75) is 38.1 Å². The fraction of sp³-hybridized carbons (Fsp3) is 0.240. The number of para-hydroxylation sites is 2. The van der Waals surface area contributed by atoms with Gasteiger partial charge in [-0.2, -0.15) is 4.57 Å². The van der Waals surface area contributed by atoms with Gasteiger partial charge in [-0.05, 0) is 30.7 Å². The molecule has 156 valence electrons. The van der Waals surface area contributed by atoms with Crippen LogP contribution in [0.3, 0.4) is 0 Å². The van der Waals surface area contributed by atoms with E-state index >= 15 is 0 Å². The van der Waals surface area contributed by atoms with Gasteiger partial charge in [-0.1, -0.05) is 79.4 Å². The van der Waals surface area contributed by atoms with Crippen molar-refractivity contribution < 1.29 is 28.5 Å². The van der Waals surface area contributed by atoms with Crippen LogP contribution in [-0.4, -0.2) is 6.54 Å². The van der Waals surface area contributed by atoms with Crippen molar-refractivity contribution in [3.63, 3.8) is 0 Å². The molecule has 1 aliphatic heterocycles. The highest BCUT2D eigenvalue weighted by Crippen LogP contribution is 2.45. The fourth-order valence-electron chi connectivity index (χ4n) is 3.60. The number of aromatic nitrogens is 1. The molecule has 1 aliphatic rings. The molecule has 3 aromatic rings. The lowest BCUT2D eigenvalue weighted by atomic mass is 10.3. The van der Waals surface area contributed by atoms with Crippen LogP contribution in [0.5, 0.6) is 0 Å². The smallest absolute Gasteiger partial charge is 0.262 e. The first-order valence-electron chi connectivity index (χ1n) is 10.3. The Hall–Kier alpha value is -1.57. The Morgan fingerprint density at radius 1 is 0.933 bits per heavy atom. The summed E-state index contributed by atoms with van der Waals surface area (Å²) in [4.78, 5) is 3.77. The summed E-state index contributed by atoms with van der Waals surface area (Å²) in [5, 5.41) is 2.61. The van der Waals surface area contributed by atoms with Crippen LogP contribution < -0.4 is 33.4 Å². The Bertz CT molecular complexity index is 1080. The highest BCUT2D eigenvalue weighted by molar-refractivity contribution is 8.03. The van der Waals surface area contributed by atoms with Gasteiger partial charge in [0.15, 0.2) is 0 Å². The molecule has 0 atom stereocenters. The van der Waals surface area contributed by atoms with E-state index in [9.17, 15) is 0 Å². The summed E-state index contributed by atoms with van der Waals surface area (Å²) in [6.45, 7) is 6.58. The van der Waals surface area contributed by atoms with Crippen LogP contribution in [0.2, 0.25) is 0 Å². The second-order valence-corrected chi connectivity index (χ2v) is 9.15. The normalized spacial score (nSPS) is 14.9. The van der Waals surface area contributed by atoms with Crippen molar-refractivity contribution in [2.75, 3.05) is 11.4 Å². The first-order valence-corrected chi connectivity index (χ1v) is 12.0. The maximum atomic E-state index is 2.43. The zero-order chi connectivity index (χ0) is 20.1. The molecule has 2 nitrogen and oxygen atoms in total. The molecule has 0 aliphatic carbocycles. The Balaban J connectivity index is 0.00000256. The zero-order valence-electron chi connectivity index (χ0n) is 17.4. The monoisotopic (exact) mass is 546 g/mol. The summed E-state index contributed by atoms with van der Waals surface area (Å²) in [6.07, 6.45) is 13.2. The van der Waals surface area contributed by atoms with Gasteiger partial charge in [-0.3, -0.25) is 0 Å². The Kier molecular flexibility index (Phi) is 8.60. The third-order valence-corrected chi connectivity index (χ3v) is 7.13. The van der Waals surface area contributed by atoms with Gasteiger partial charge >= 0.3 is 0 Å². The van der Waals surface area contributed by atoms with E-state index in [0.717, 1.165) is 25.9 Å². The van der Waals surface area contributed by atoms with E-state index in [0.29, 0.717) is 0 Å². The maximum Gasteiger partial charge on any atom is 0.262 e. The molecule has 0 bridgehead atoms. The van der Waals surface area contributed by atoms with E-state index in [2.05, 4.69) is 102 Å². The lowest BCUT2D eigenvalue weighted by molar-refractivity contribution is -0.668. The van der Waals surface area contributed by atoms with Crippen LogP contribution in [0.25, 0.3) is 16.3 Å². The summed E-state index contributed by atoms with van der Waals surface area (Å²) in [6, 6.07) is 17.3. The number of thioether (sulfide) groups is 1. The molecule has 5 heteroatoms. The number of anilines is 1. The average molecular weight is 547 g/mol. The number of hydrogen-bond acceptors (Lipinski definition) is 3. The molecule has 1 aromatic heterocycles. The molecular weight excluding hydrogens is 519 g/mol. The number of benzene rings is 2. The third kappa shape index (κ3) is 5.01. The first kappa shape index (κ1) is 23.1. The minimum atomic E-state index is 0. The van der Waals surface area contributed by atoms with E-state index in [-0.39, 0.29) is 24.0 Å². The van der Waals surface area contributed by atoms with Crippen molar-refractivity contribution in [1.82, 2.24) is 0 Å². The number of nitrogens with zero attached hydrogens (tertiary/aromatic N) is 2. The van der Waals surface area contributed by atoms with Gasteiger partial charge in [0.1, 0.15) is 11.2 Å². The predicted molar refractivity (Wildman–Crippen MR) is 129 cm³/mol. The van der Waals surface area contributed by atoms with Crippen LogP contribution >= 0.6 is 23.1 Å². The number of rotatable bonds is 7. The molecule has 0 radical (unpaired) electrons. The molecule has 4 rings (SSSR count). The summed E-state index contributed by atoms with van der Waals surface area (Å²) < 4.78 is 3.77. The van der Waals surface area contributed by atoms with Crippen molar-refractivity contribution in [3.05, 3.63) is 82.9 Å². The second-order valence-electron chi connectivity index (χ2n) is 7.03. The quantitative estimate of drug-likeness (QED) is 0.251. The molecule has 2 aromatic carbocycles. The molecule has 0 fully saturated rings. The van der Waals surface area contributed by atoms with Crippen molar-refractivity contribution in [2.24, 2.45) is 0 Å². The molecule has 0 saturated heterocycles. The second kappa shape index (κ2) is 11.2. The minimum absolute atomic E-state index is 0. The largest absolute Gasteiger partial charge is 1.00 e. The Labute approximate surface area is 205 Å². The average Bonchev–Trinajstić information content (AvgIpc) is 3.27. The predicted octanol–water partition coefficient (Wildman–Crippen LogP) is 4.04. The Morgan fingerprint density at radius 3 is 2.57 bits per heavy atom. The number of aryl methyl sites for hydroxylation is 1. The molecule has 0 unspecified atom stereocenters. The SMILES string of the molecule is CCCN1/C(=C/C=CC=Cc2sc3ccccc3[n+]2CCC)Sc2ccccc21.[I-]. The lowest BCUT2D eigenvalue weighted by Gasteiger charge is -2.19. The first-order chi connectivity index (χ1) is 14.3. The topological polar surface area (TPSA) is 7.12 Å². The maximum absolute atomic E-state index is 2.43. The van der Waals surface area contributed by atoms with Gasteiger partial charge in [-0.15, -0.1) is 0 Å².